The van der Waals surface area contributed by atoms with Gasteiger partial charge in [0, 0.05) is 18.7 Å². The van der Waals surface area contributed by atoms with Crippen molar-refractivity contribution in [3.8, 4) is 11.5 Å². The van der Waals surface area contributed by atoms with Crippen molar-refractivity contribution in [2.45, 2.75) is 0 Å². The number of rotatable bonds is 5. The molecule has 0 aliphatic heterocycles. The molecule has 1 rings (SSSR count). The van der Waals surface area contributed by atoms with Crippen LogP contribution in [-0.2, 0) is 4.74 Å². The van der Waals surface area contributed by atoms with Gasteiger partial charge in [0.25, 0.3) is 0 Å². The van der Waals surface area contributed by atoms with E-state index in [1.54, 1.807) is 18.2 Å². The number of oxime groups is 1. The molecule has 0 aliphatic rings. The summed E-state index contributed by atoms with van der Waals surface area (Å²) in [6, 6.07) is 4.93. The number of hydrogen-bond acceptors (Lipinski definition) is 5. The zero-order chi connectivity index (χ0) is 12.0. The van der Waals surface area contributed by atoms with Crippen LogP contribution in [0, 0.1) is 0 Å². The highest BCUT2D eigenvalue weighted by Crippen LogP contribution is 2.22. The summed E-state index contributed by atoms with van der Waals surface area (Å²) < 4.78 is 15.1. The van der Waals surface area contributed by atoms with Gasteiger partial charge in [-0.2, -0.15) is 0 Å². The fraction of sp³-hybridized carbons (Fsp3) is 0.300. The molecule has 3 N–H and O–H groups in total. The van der Waals surface area contributed by atoms with E-state index in [0.29, 0.717) is 17.1 Å². The first-order chi connectivity index (χ1) is 7.71. The number of nitrogens with two attached hydrogens (primary N) is 1. The highest BCUT2D eigenvalue weighted by molar-refractivity contribution is 5.97. The van der Waals surface area contributed by atoms with Gasteiger partial charge < -0.3 is 25.2 Å². The van der Waals surface area contributed by atoms with E-state index >= 15 is 0 Å². The van der Waals surface area contributed by atoms with Crippen LogP contribution in [0.15, 0.2) is 23.4 Å². The molecule has 0 aliphatic carbocycles. The molecule has 0 radical (unpaired) electrons. The van der Waals surface area contributed by atoms with Gasteiger partial charge in [-0.15, -0.1) is 0 Å². The predicted octanol–water partition coefficient (Wildman–Crippen LogP) is 0.772. The van der Waals surface area contributed by atoms with Crippen LogP contribution < -0.4 is 15.2 Å². The van der Waals surface area contributed by atoms with E-state index in [9.17, 15) is 0 Å². The summed E-state index contributed by atoms with van der Waals surface area (Å²) in [5, 5.41) is 11.5. The van der Waals surface area contributed by atoms with Crippen molar-refractivity contribution in [1.82, 2.24) is 0 Å². The van der Waals surface area contributed by atoms with Gasteiger partial charge in [0.15, 0.2) is 12.6 Å². The van der Waals surface area contributed by atoms with Gasteiger partial charge in [-0.25, -0.2) is 0 Å². The molecule has 0 spiro atoms. The summed E-state index contributed by atoms with van der Waals surface area (Å²) in [5.41, 5.74) is 5.98. The smallest absolute Gasteiger partial charge is 0.188 e. The van der Waals surface area contributed by atoms with Gasteiger partial charge in [-0.05, 0) is 12.1 Å². The van der Waals surface area contributed by atoms with E-state index in [0.717, 1.165) is 0 Å². The Labute approximate surface area is 93.2 Å². The molecule has 0 saturated heterocycles. The number of ether oxygens (including phenoxy) is 3. The highest BCUT2D eigenvalue weighted by atomic mass is 16.7. The van der Waals surface area contributed by atoms with Crippen LogP contribution in [0.1, 0.15) is 5.56 Å². The zero-order valence-corrected chi connectivity index (χ0v) is 9.14. The molecule has 1 aromatic carbocycles. The van der Waals surface area contributed by atoms with Crippen LogP contribution in [0.5, 0.6) is 11.5 Å². The summed E-state index contributed by atoms with van der Waals surface area (Å²) in [6.45, 7) is 0.114. The van der Waals surface area contributed by atoms with Gasteiger partial charge in [-0.3, -0.25) is 0 Å². The highest BCUT2D eigenvalue weighted by Gasteiger charge is 2.06. The first kappa shape index (κ1) is 12.1. The zero-order valence-electron chi connectivity index (χ0n) is 9.14. The quantitative estimate of drug-likeness (QED) is 0.254. The molecule has 88 valence electrons. The molecule has 6 heteroatoms. The Morgan fingerprint density at radius 1 is 1.31 bits per heavy atom. The maximum atomic E-state index is 8.58. The topological polar surface area (TPSA) is 86.3 Å². The van der Waals surface area contributed by atoms with Gasteiger partial charge in [0.1, 0.15) is 11.5 Å². The lowest BCUT2D eigenvalue weighted by atomic mass is 10.2. The van der Waals surface area contributed by atoms with Crippen molar-refractivity contribution in [3.05, 3.63) is 23.8 Å². The predicted molar refractivity (Wildman–Crippen MR) is 58.0 cm³/mol. The van der Waals surface area contributed by atoms with Gasteiger partial charge in [0.05, 0.1) is 7.11 Å². The van der Waals surface area contributed by atoms with Crippen LogP contribution in [0.4, 0.5) is 0 Å². The summed E-state index contributed by atoms with van der Waals surface area (Å²) in [5.74, 6) is 1.05. The number of nitrogens with zero attached hydrogens (tertiary/aromatic N) is 1. The number of amidine groups is 1. The molecular formula is C10H14N2O4. The van der Waals surface area contributed by atoms with Crippen molar-refractivity contribution < 1.29 is 19.4 Å². The van der Waals surface area contributed by atoms with Crippen molar-refractivity contribution in [3.63, 3.8) is 0 Å². The molecule has 16 heavy (non-hydrogen) atoms. The minimum absolute atomic E-state index is 0.0128. The lowest BCUT2D eigenvalue weighted by Gasteiger charge is -2.09. The fourth-order valence-electron chi connectivity index (χ4n) is 1.11. The average Bonchev–Trinajstić information content (AvgIpc) is 2.34. The van der Waals surface area contributed by atoms with Crippen LogP contribution in [0.3, 0.4) is 0 Å². The molecular weight excluding hydrogens is 212 g/mol. The minimum atomic E-state index is -0.0128. The summed E-state index contributed by atoms with van der Waals surface area (Å²) in [6.07, 6.45) is 0. The fourth-order valence-corrected chi connectivity index (χ4v) is 1.11. The van der Waals surface area contributed by atoms with Gasteiger partial charge in [-0.1, -0.05) is 5.16 Å². The van der Waals surface area contributed by atoms with Crippen LogP contribution in [-0.4, -0.2) is 32.1 Å². The molecule has 0 amide bonds. The van der Waals surface area contributed by atoms with Gasteiger partial charge >= 0.3 is 0 Å². The standard InChI is InChI=1S/C10H14N2O4/c1-14-6-16-9-4-7(10(11)12-13)3-8(5-9)15-2/h3-5,13H,6H2,1-2H3,(H2,11,12). The largest absolute Gasteiger partial charge is 0.497 e. The molecule has 0 atom stereocenters. The third kappa shape index (κ3) is 3.03. The summed E-state index contributed by atoms with van der Waals surface area (Å²) >= 11 is 0. The second-order valence-electron chi connectivity index (χ2n) is 2.93. The summed E-state index contributed by atoms with van der Waals surface area (Å²) in [7, 11) is 3.04. The molecule has 0 aromatic heterocycles. The van der Waals surface area contributed by atoms with Gasteiger partial charge in [0.2, 0.25) is 0 Å². The van der Waals surface area contributed by atoms with E-state index in [-0.39, 0.29) is 12.6 Å². The molecule has 0 fully saturated rings. The second-order valence-corrected chi connectivity index (χ2v) is 2.93. The van der Waals surface area contributed by atoms with E-state index < -0.39 is 0 Å². The second kappa shape index (κ2) is 5.82. The third-order valence-corrected chi connectivity index (χ3v) is 1.86. The normalized spacial score (nSPS) is 11.2. The minimum Gasteiger partial charge on any atom is -0.497 e. The van der Waals surface area contributed by atoms with E-state index in [1.807, 2.05) is 0 Å². The maximum Gasteiger partial charge on any atom is 0.188 e. The van der Waals surface area contributed by atoms with Crippen molar-refractivity contribution >= 4 is 5.84 Å². The summed E-state index contributed by atoms with van der Waals surface area (Å²) in [4.78, 5) is 0. The Morgan fingerprint density at radius 3 is 2.56 bits per heavy atom. The van der Waals surface area contributed by atoms with Crippen LogP contribution in [0.25, 0.3) is 0 Å². The lowest BCUT2D eigenvalue weighted by molar-refractivity contribution is 0.0510. The Hall–Kier alpha value is -1.95. The lowest BCUT2D eigenvalue weighted by Crippen LogP contribution is -2.13. The first-order valence-electron chi connectivity index (χ1n) is 4.50. The van der Waals surface area contributed by atoms with Crippen molar-refractivity contribution in [1.29, 1.82) is 0 Å². The van der Waals surface area contributed by atoms with E-state index in [2.05, 4.69) is 5.16 Å². The maximum absolute atomic E-state index is 8.58. The number of benzene rings is 1. The Balaban J connectivity index is 3.01. The molecule has 0 unspecified atom stereocenters. The number of hydrogen-bond donors (Lipinski definition) is 2. The molecule has 0 saturated carbocycles. The SMILES string of the molecule is COCOc1cc(OC)cc(/C(N)=N/O)c1. The molecule has 0 heterocycles. The van der Waals surface area contributed by atoms with Crippen LogP contribution in [0.2, 0.25) is 0 Å². The third-order valence-electron chi connectivity index (χ3n) is 1.86. The Bertz CT molecular complexity index is 379. The van der Waals surface area contributed by atoms with E-state index in [1.165, 1.54) is 14.2 Å². The average molecular weight is 226 g/mol. The number of methoxy groups -OCH3 is 2. The Morgan fingerprint density at radius 2 is 2.00 bits per heavy atom. The van der Waals surface area contributed by atoms with Crippen molar-refractivity contribution in [2.24, 2.45) is 10.9 Å². The van der Waals surface area contributed by atoms with Crippen LogP contribution >= 0.6 is 0 Å². The molecule has 0 bridgehead atoms. The monoisotopic (exact) mass is 226 g/mol. The van der Waals surface area contributed by atoms with E-state index in [4.69, 9.17) is 25.2 Å². The Kier molecular flexibility index (Phi) is 4.41. The first-order valence-corrected chi connectivity index (χ1v) is 4.50. The molecule has 1 aromatic rings. The van der Waals surface area contributed by atoms with Crippen molar-refractivity contribution in [2.75, 3.05) is 21.0 Å². The molecule has 6 nitrogen and oxygen atoms in total.